The van der Waals surface area contributed by atoms with Gasteiger partial charge in [-0.1, -0.05) is 245 Å². The number of rotatable bonds is 16. The van der Waals surface area contributed by atoms with Gasteiger partial charge in [0.1, 0.15) is 47.2 Å². The summed E-state index contributed by atoms with van der Waals surface area (Å²) in [5.74, 6) is -1.86. The van der Waals surface area contributed by atoms with E-state index in [1.165, 1.54) is 96.0 Å². The van der Waals surface area contributed by atoms with Crippen LogP contribution in [0.2, 0.25) is 0 Å². The quantitative estimate of drug-likeness (QED) is 0.0923. The molecule has 17 nitrogen and oxygen atoms in total. The van der Waals surface area contributed by atoms with Crippen LogP contribution in [0.3, 0.4) is 0 Å². The van der Waals surface area contributed by atoms with E-state index in [1.807, 2.05) is 83.8 Å². The third-order valence-corrected chi connectivity index (χ3v) is 22.9. The van der Waals surface area contributed by atoms with E-state index in [0.717, 1.165) is 94.2 Å². The van der Waals surface area contributed by atoms with Crippen molar-refractivity contribution in [1.29, 1.82) is 0 Å². The molecule has 22 heteroatoms. The molecule has 0 unspecified atom stereocenters. The molecule has 0 bridgehead atoms. The Kier molecular flexibility index (Phi) is 30.3. The first-order valence-corrected chi connectivity index (χ1v) is 47.8. The molecule has 1 N–H and O–H groups in total. The predicted molar refractivity (Wildman–Crippen MR) is 574 cm³/mol. The minimum atomic E-state index is -3.67. The zero-order chi connectivity index (χ0) is 135. The molecule has 141 heavy (non-hydrogen) atoms. The van der Waals surface area contributed by atoms with Crippen LogP contribution >= 0.6 is 0 Å². The fourth-order valence-corrected chi connectivity index (χ4v) is 15.0. The van der Waals surface area contributed by atoms with Gasteiger partial charge in [-0.05, 0) is 227 Å². The van der Waals surface area contributed by atoms with Crippen molar-refractivity contribution in [2.45, 2.75) is 263 Å². The Morgan fingerprint density at radius 2 is 0.702 bits per heavy atom. The van der Waals surface area contributed by atoms with Crippen LogP contribution in [0.15, 0.2) is 145 Å². The Morgan fingerprint density at radius 3 is 1.09 bits per heavy atom. The van der Waals surface area contributed by atoms with Gasteiger partial charge in [0.15, 0.2) is 0 Å². The first-order chi connectivity index (χ1) is 78.8. The van der Waals surface area contributed by atoms with Gasteiger partial charge in [-0.2, -0.15) is 0 Å². The van der Waals surface area contributed by atoms with E-state index in [-0.39, 0.29) is 78.9 Å². The van der Waals surface area contributed by atoms with Gasteiger partial charge in [-0.15, -0.1) is 0 Å². The number of ether oxygens (including phenoxy) is 7. The number of piperazine rings is 1. The number of amides is 1. The molecule has 0 radical (unpaired) electrons. The number of hydrogen-bond donors (Lipinski definition) is 1. The Morgan fingerprint density at radius 1 is 0.369 bits per heavy atom. The number of anilines is 1. The van der Waals surface area contributed by atoms with Crippen LogP contribution in [0, 0.1) is 49.9 Å². The minimum absolute atomic E-state index is 0.0298. The molecular formula is C119H180F5N9O8. The molecule has 6 aliphatic rings. The molecule has 8 aromatic carbocycles. The van der Waals surface area contributed by atoms with E-state index < -0.39 is 177 Å². The Hall–Kier alpha value is -8.20. The zero-order valence-electron chi connectivity index (χ0n) is 123. The van der Waals surface area contributed by atoms with Crippen molar-refractivity contribution in [2.24, 2.45) is 0 Å². The Bertz CT molecular complexity index is 6770. The number of benzene rings is 8. The highest BCUT2D eigenvalue weighted by Gasteiger charge is 2.28. The number of nitrogens with zero attached hydrogens (tertiary/aromatic N) is 8. The maximum atomic E-state index is 15.0. The summed E-state index contributed by atoms with van der Waals surface area (Å²) in [6.07, 6.45) is -0.353. The van der Waals surface area contributed by atoms with Crippen LogP contribution in [-0.2, 0) is 99.6 Å². The van der Waals surface area contributed by atoms with Gasteiger partial charge in [0.2, 0.25) is 0 Å². The third-order valence-electron chi connectivity index (χ3n) is 22.9. The fraction of sp³-hybridized carbons (Fsp3) is 0.588. The average Bonchev–Trinajstić information content (AvgIpc) is 0.691. The molecule has 6 heterocycles. The number of halogens is 5. The number of hydrogen-bond acceptors (Lipinski definition) is 16. The van der Waals surface area contributed by atoms with Crippen molar-refractivity contribution in [1.82, 2.24) is 39.2 Å². The van der Waals surface area contributed by atoms with Gasteiger partial charge in [0.25, 0.3) is 0 Å². The summed E-state index contributed by atoms with van der Waals surface area (Å²) in [6, 6.07) is 28.3. The maximum absolute atomic E-state index is 15.0. The van der Waals surface area contributed by atoms with E-state index in [2.05, 4.69) is 161 Å². The van der Waals surface area contributed by atoms with Gasteiger partial charge in [0.05, 0.1) is 90.5 Å². The SMILES string of the molecule is CC(C)(C)c1ccc(CN2CCOCC2)cc1F.CNc1ccc(C)c(C(C)(C)C)c1.Cc1ccc(OC(=O)N(C)C)cc1C(C)(C)C.Cc1ccc(OCCN2CCN(C)CC2)cc1C(C)(C)C.[2H]C([2H])(c1ccc(C(C)(C)C)c(F)c1)N1C([2H])([2H])C([2H])([2H])OC([2H])([2H])C1([2H])[2H].[2H]C1([2H])OC([2H])([2H])C([2H])([2H])N(Cc2ccc(C(C)(C)C)c(F)c2)C1([2H])[2H].[2H]c1c([2H])c(C(C)(C)C)c(F)c([2H])c1CN1CCOCC1.[2H]c1c([2H])c(C([2H])([2H])N2C([2H])([2H])C([2H])([2H])OC([2H])([2H])C2([2H])[2H])c([2H])c(F)c1C(C)(C)C. The molecule has 6 aliphatic heterocycles. The summed E-state index contributed by atoms with van der Waals surface area (Å²) in [7, 11) is 7.48. The number of morpholine rings is 5. The minimum Gasteiger partial charge on any atom is -0.492 e. The standard InChI is InChI=1S/C18H30N2O.5C15H22FNO.C14H21NO2.C12H19N/c1-15-6-7-16(14-17(15)18(2,3)4)21-13-12-20-10-8-19(5)9-11-20;5*1-15(2,3)13-5-4-12(10-14(13)16)11-17-6-8-18-9-7-17;1-10-7-8-11(17-13(16)15(5)6)9-12(10)14(2,3)4;1-9-6-7-10(13-5)8-11(9)12(2,3)4/h6-7,14H,8-13H2,1-5H3;5*4-5,10H,6-9,11H2,1-3H3;7-9H,1-6H3;6-8,13H,1-5H3/i;4D,5D,6D2,7D2,8D2,9D2,10D,11D2;6D2,7D2,8D2,9D2,11D2;6D2,7D2,8D2,9D2;4D,5D,10D;;;. The molecule has 6 saturated heterocycles. The van der Waals surface area contributed by atoms with Crippen LogP contribution in [0.5, 0.6) is 11.5 Å². The van der Waals surface area contributed by atoms with Crippen LogP contribution < -0.4 is 14.8 Å². The number of aryl methyl sites for hydroxylation is 3. The number of likely N-dealkylation sites (N-methyl/N-ethyl adjacent to an activating group) is 1. The van der Waals surface area contributed by atoms with Crippen molar-refractivity contribution in [3.05, 3.63) is 264 Å². The molecular weight excluding hydrogens is 1780 g/mol. The Balaban J connectivity index is 0.000000270. The van der Waals surface area contributed by atoms with Gasteiger partial charge in [-0.3, -0.25) is 29.4 Å². The summed E-state index contributed by atoms with van der Waals surface area (Å²) < 4.78 is 377. The number of carbonyl (C=O) groups is 1. The highest BCUT2D eigenvalue weighted by atomic mass is 19.1. The van der Waals surface area contributed by atoms with Gasteiger partial charge < -0.3 is 48.3 Å². The van der Waals surface area contributed by atoms with Crippen LogP contribution in [0.25, 0.3) is 0 Å². The lowest BCUT2D eigenvalue weighted by molar-refractivity contribution is 0.0341. The van der Waals surface area contributed by atoms with Crippen LogP contribution in [0.1, 0.15) is 302 Å². The van der Waals surface area contributed by atoms with Crippen molar-refractivity contribution < 1.29 is 107 Å². The van der Waals surface area contributed by atoms with Crippen LogP contribution in [-0.4, -0.2) is 244 Å². The molecule has 1 amide bonds. The first-order valence-electron chi connectivity index (χ1n) is 64.8. The van der Waals surface area contributed by atoms with E-state index in [0.29, 0.717) is 54.6 Å². The molecule has 8 aromatic rings. The van der Waals surface area contributed by atoms with Gasteiger partial charge >= 0.3 is 6.09 Å². The smallest absolute Gasteiger partial charge is 0.414 e. The first kappa shape index (κ1) is 77.3. The van der Waals surface area contributed by atoms with E-state index in [1.54, 1.807) is 61.7 Å². The number of nitrogens with one attached hydrogen (secondary N) is 1. The van der Waals surface area contributed by atoms with E-state index in [4.69, 9.17) is 65.6 Å². The molecule has 784 valence electrons. The van der Waals surface area contributed by atoms with Gasteiger partial charge in [-0.25, -0.2) is 26.7 Å². The lowest BCUT2D eigenvalue weighted by atomic mass is 9.84. The van der Waals surface area contributed by atoms with E-state index in [9.17, 15) is 22.4 Å². The van der Waals surface area contributed by atoms with Crippen molar-refractivity contribution >= 4 is 11.8 Å². The molecule has 0 atom stereocenters. The highest BCUT2D eigenvalue weighted by molar-refractivity contribution is 5.70. The zero-order valence-corrected chi connectivity index (χ0v) is 89.1. The summed E-state index contributed by atoms with van der Waals surface area (Å²) in [4.78, 5) is 21.8. The monoisotopic (exact) mass is 1990 g/mol. The molecule has 0 saturated carbocycles. The fourth-order valence-electron chi connectivity index (χ4n) is 15.0. The third kappa shape index (κ3) is 42.0. The van der Waals surface area contributed by atoms with Crippen molar-refractivity contribution in [3.8, 4) is 11.5 Å². The van der Waals surface area contributed by atoms with Crippen LogP contribution in [0.4, 0.5) is 32.4 Å². The molecule has 0 spiro atoms. The second-order valence-corrected chi connectivity index (χ2v) is 43.6. The summed E-state index contributed by atoms with van der Waals surface area (Å²) in [6.45, 7) is 19.0. The Labute approximate surface area is 896 Å². The summed E-state index contributed by atoms with van der Waals surface area (Å²) >= 11 is 0. The van der Waals surface area contributed by atoms with Gasteiger partial charge in [0, 0.05) is 179 Å². The molecule has 0 aliphatic carbocycles. The lowest BCUT2D eigenvalue weighted by Crippen LogP contribution is -2.45. The molecule has 14 rings (SSSR count). The lowest BCUT2D eigenvalue weighted by Gasteiger charge is -2.32. The normalized spacial score (nSPS) is 24.6. The largest absolute Gasteiger partial charge is 0.492 e. The molecule has 0 aromatic heterocycles. The summed E-state index contributed by atoms with van der Waals surface area (Å²) in [5.41, 5.74) is 7.76. The van der Waals surface area contributed by atoms with E-state index >= 15 is 4.39 Å². The highest BCUT2D eigenvalue weighted by Crippen LogP contribution is 2.36. The second-order valence-electron chi connectivity index (χ2n) is 43.6. The maximum Gasteiger partial charge on any atom is 0.414 e. The summed E-state index contributed by atoms with van der Waals surface area (Å²) in [5, 5.41) is 3.17. The average molecular weight is 1990 g/mol. The topological polar surface area (TPSA) is 120 Å². The number of carbonyl (C=O) groups excluding carboxylic acids is 1. The van der Waals surface area contributed by atoms with Crippen molar-refractivity contribution in [3.63, 3.8) is 0 Å². The molecule has 6 fully saturated rings. The predicted octanol–water partition coefficient (Wildman–Crippen LogP) is 24.4. The van der Waals surface area contributed by atoms with Crippen molar-refractivity contribution in [2.75, 3.05) is 204 Å². The second kappa shape index (κ2) is 55.4.